The Morgan fingerprint density at radius 1 is 0.960 bits per heavy atom. The van der Waals surface area contributed by atoms with Crippen molar-refractivity contribution in [3.63, 3.8) is 0 Å². The summed E-state index contributed by atoms with van der Waals surface area (Å²) in [5, 5.41) is 0. The SMILES string of the molecule is CCC(=O)OC(C)(C)CCOC(C)(C)C(C)(C)CC(C)OC(C)(C)C. The zero-order valence-corrected chi connectivity index (χ0v) is 18.5. The number of ether oxygens (including phenoxy) is 3. The van der Waals surface area contributed by atoms with Crippen LogP contribution in [0.4, 0.5) is 0 Å². The minimum Gasteiger partial charge on any atom is -0.460 e. The summed E-state index contributed by atoms with van der Waals surface area (Å²) in [4.78, 5) is 11.5. The molecule has 0 aromatic heterocycles. The largest absolute Gasteiger partial charge is 0.460 e. The van der Waals surface area contributed by atoms with E-state index >= 15 is 0 Å². The summed E-state index contributed by atoms with van der Waals surface area (Å²) in [7, 11) is 0. The maximum atomic E-state index is 11.5. The van der Waals surface area contributed by atoms with Crippen LogP contribution in [0, 0.1) is 5.41 Å². The van der Waals surface area contributed by atoms with Gasteiger partial charge in [0.25, 0.3) is 0 Å². The summed E-state index contributed by atoms with van der Waals surface area (Å²) in [6.07, 6.45) is 2.13. The molecule has 0 fully saturated rings. The van der Waals surface area contributed by atoms with Crippen LogP contribution >= 0.6 is 0 Å². The highest BCUT2D eigenvalue weighted by Gasteiger charge is 2.40. The lowest BCUT2D eigenvalue weighted by atomic mass is 9.73. The number of esters is 1. The van der Waals surface area contributed by atoms with E-state index in [0.29, 0.717) is 19.4 Å². The Balaban J connectivity index is 4.65. The average molecular weight is 359 g/mol. The van der Waals surface area contributed by atoms with Crippen molar-refractivity contribution < 1.29 is 19.0 Å². The van der Waals surface area contributed by atoms with Gasteiger partial charge in [0.2, 0.25) is 0 Å². The molecule has 0 heterocycles. The molecule has 0 N–H and O–H groups in total. The van der Waals surface area contributed by atoms with Crippen LogP contribution in [0.3, 0.4) is 0 Å². The molecule has 0 radical (unpaired) electrons. The molecule has 4 heteroatoms. The van der Waals surface area contributed by atoms with Gasteiger partial charge in [-0.25, -0.2) is 0 Å². The number of hydrogen-bond donors (Lipinski definition) is 0. The molecule has 1 unspecified atom stereocenters. The van der Waals surface area contributed by atoms with Crippen molar-refractivity contribution in [3.8, 4) is 0 Å². The fraction of sp³-hybridized carbons (Fsp3) is 0.952. The summed E-state index contributed by atoms with van der Waals surface area (Å²) in [5.74, 6) is -0.169. The van der Waals surface area contributed by atoms with Gasteiger partial charge >= 0.3 is 5.97 Å². The summed E-state index contributed by atoms with van der Waals surface area (Å²) < 4.78 is 17.8. The van der Waals surface area contributed by atoms with E-state index in [9.17, 15) is 4.79 Å². The van der Waals surface area contributed by atoms with E-state index in [0.717, 1.165) is 6.42 Å². The van der Waals surface area contributed by atoms with Crippen molar-refractivity contribution in [1.82, 2.24) is 0 Å². The molecule has 0 aromatic carbocycles. The predicted molar refractivity (Wildman–Crippen MR) is 104 cm³/mol. The van der Waals surface area contributed by atoms with Crippen LogP contribution in [0.25, 0.3) is 0 Å². The van der Waals surface area contributed by atoms with Crippen LogP contribution in [-0.4, -0.2) is 35.5 Å². The van der Waals surface area contributed by atoms with Crippen molar-refractivity contribution in [2.75, 3.05) is 6.61 Å². The first-order valence-corrected chi connectivity index (χ1v) is 9.55. The molecule has 0 aliphatic carbocycles. The second-order valence-electron chi connectivity index (χ2n) is 9.82. The third-order valence-corrected chi connectivity index (χ3v) is 4.83. The van der Waals surface area contributed by atoms with Crippen LogP contribution in [0.5, 0.6) is 0 Å². The lowest BCUT2D eigenvalue weighted by Gasteiger charge is -2.44. The van der Waals surface area contributed by atoms with E-state index in [2.05, 4.69) is 55.4 Å². The topological polar surface area (TPSA) is 44.8 Å². The van der Waals surface area contributed by atoms with Gasteiger partial charge in [-0.2, -0.15) is 0 Å². The summed E-state index contributed by atoms with van der Waals surface area (Å²) in [6, 6.07) is 0. The molecule has 0 aliphatic rings. The van der Waals surface area contributed by atoms with E-state index in [-0.39, 0.29) is 28.7 Å². The second kappa shape index (κ2) is 8.85. The lowest BCUT2D eigenvalue weighted by Crippen LogP contribution is -2.45. The molecular formula is C21H42O4. The molecule has 0 saturated carbocycles. The third-order valence-electron chi connectivity index (χ3n) is 4.83. The zero-order chi connectivity index (χ0) is 20.1. The second-order valence-corrected chi connectivity index (χ2v) is 9.82. The standard InChI is InChI=1S/C21H42O4/c1-12-17(22)25-20(8,9)13-14-23-21(10,11)19(6,7)15-16(2)24-18(3,4)5/h16H,12-15H2,1-11H3. The molecule has 0 saturated heterocycles. The molecule has 0 bridgehead atoms. The van der Waals surface area contributed by atoms with Crippen LogP contribution in [0.15, 0.2) is 0 Å². The maximum Gasteiger partial charge on any atom is 0.306 e. The minimum absolute atomic E-state index is 0.0537. The monoisotopic (exact) mass is 358 g/mol. The van der Waals surface area contributed by atoms with Gasteiger partial charge in [0, 0.05) is 12.8 Å². The van der Waals surface area contributed by atoms with Crippen molar-refractivity contribution in [3.05, 3.63) is 0 Å². The molecule has 25 heavy (non-hydrogen) atoms. The molecule has 0 amide bonds. The van der Waals surface area contributed by atoms with Gasteiger partial charge < -0.3 is 14.2 Å². The van der Waals surface area contributed by atoms with Gasteiger partial charge in [-0.05, 0) is 67.2 Å². The van der Waals surface area contributed by atoms with Gasteiger partial charge in [-0.15, -0.1) is 0 Å². The predicted octanol–water partition coefficient (Wildman–Crippen LogP) is 5.52. The smallest absolute Gasteiger partial charge is 0.306 e. The molecule has 0 rings (SSSR count). The Morgan fingerprint density at radius 3 is 1.92 bits per heavy atom. The Hall–Kier alpha value is -0.610. The Labute approximate surface area is 156 Å². The van der Waals surface area contributed by atoms with Gasteiger partial charge in [-0.1, -0.05) is 20.8 Å². The maximum absolute atomic E-state index is 11.5. The molecule has 0 aliphatic heterocycles. The fourth-order valence-corrected chi connectivity index (χ4v) is 2.79. The Kier molecular flexibility index (Phi) is 8.64. The molecule has 0 spiro atoms. The molecule has 0 aromatic rings. The van der Waals surface area contributed by atoms with E-state index in [1.54, 1.807) is 6.92 Å². The third kappa shape index (κ3) is 9.60. The highest BCUT2D eigenvalue weighted by Crippen LogP contribution is 2.39. The first kappa shape index (κ1) is 24.4. The molecular weight excluding hydrogens is 316 g/mol. The lowest BCUT2D eigenvalue weighted by molar-refractivity contribution is -0.163. The van der Waals surface area contributed by atoms with Crippen LogP contribution in [-0.2, 0) is 19.0 Å². The van der Waals surface area contributed by atoms with Crippen molar-refractivity contribution >= 4 is 5.97 Å². The zero-order valence-electron chi connectivity index (χ0n) is 18.5. The van der Waals surface area contributed by atoms with Crippen LogP contribution < -0.4 is 0 Å². The number of carbonyl (C=O) groups is 1. The highest BCUT2D eigenvalue weighted by atomic mass is 16.6. The van der Waals surface area contributed by atoms with E-state index in [1.165, 1.54) is 0 Å². The van der Waals surface area contributed by atoms with Crippen LogP contribution in [0.1, 0.15) is 95.4 Å². The fourth-order valence-electron chi connectivity index (χ4n) is 2.79. The first-order chi connectivity index (χ1) is 11.0. The van der Waals surface area contributed by atoms with E-state index in [4.69, 9.17) is 14.2 Å². The molecule has 150 valence electrons. The highest BCUT2D eigenvalue weighted by molar-refractivity contribution is 5.69. The number of hydrogen-bond acceptors (Lipinski definition) is 4. The average Bonchev–Trinajstić information content (AvgIpc) is 2.33. The van der Waals surface area contributed by atoms with E-state index < -0.39 is 5.60 Å². The van der Waals surface area contributed by atoms with Gasteiger partial charge in [0.1, 0.15) is 5.60 Å². The minimum atomic E-state index is -0.504. The van der Waals surface area contributed by atoms with E-state index in [1.807, 2.05) is 13.8 Å². The van der Waals surface area contributed by atoms with Gasteiger partial charge in [0.15, 0.2) is 0 Å². The number of carbonyl (C=O) groups excluding carboxylic acids is 1. The Bertz CT molecular complexity index is 416. The number of rotatable bonds is 10. The summed E-state index contributed by atoms with van der Waals surface area (Å²) in [6.45, 7) is 23.3. The van der Waals surface area contributed by atoms with Crippen LogP contribution in [0.2, 0.25) is 0 Å². The normalized spacial score (nSPS) is 15.2. The summed E-state index contributed by atoms with van der Waals surface area (Å²) in [5.41, 5.74) is -1.01. The van der Waals surface area contributed by atoms with Gasteiger partial charge in [-0.3, -0.25) is 4.79 Å². The quantitative estimate of drug-likeness (QED) is 0.482. The first-order valence-electron chi connectivity index (χ1n) is 9.55. The molecule has 1 atom stereocenters. The molecule has 4 nitrogen and oxygen atoms in total. The van der Waals surface area contributed by atoms with Crippen molar-refractivity contribution in [2.45, 2.75) is 118 Å². The van der Waals surface area contributed by atoms with Crippen molar-refractivity contribution in [2.24, 2.45) is 5.41 Å². The summed E-state index contributed by atoms with van der Waals surface area (Å²) >= 11 is 0. The Morgan fingerprint density at radius 2 is 1.48 bits per heavy atom. The van der Waals surface area contributed by atoms with Gasteiger partial charge in [0.05, 0.1) is 23.9 Å². The van der Waals surface area contributed by atoms with Crippen molar-refractivity contribution in [1.29, 1.82) is 0 Å².